The van der Waals surface area contributed by atoms with Crippen molar-refractivity contribution in [2.75, 3.05) is 18.0 Å². The molecule has 0 aliphatic carbocycles. The quantitative estimate of drug-likeness (QED) is 0.836. The first kappa shape index (κ1) is 16.5. The van der Waals surface area contributed by atoms with Gasteiger partial charge < -0.3 is 9.80 Å². The lowest BCUT2D eigenvalue weighted by molar-refractivity contribution is -0.124. The Bertz CT molecular complexity index is 762. The molecule has 0 N–H and O–H groups in total. The predicted molar refractivity (Wildman–Crippen MR) is 90.7 cm³/mol. The van der Waals surface area contributed by atoms with E-state index in [9.17, 15) is 14.0 Å². The molecule has 2 aromatic carbocycles. The van der Waals surface area contributed by atoms with Gasteiger partial charge in [-0.3, -0.25) is 9.59 Å². The second-order valence-corrected chi connectivity index (χ2v) is 6.08. The minimum absolute atomic E-state index is 0.185. The van der Waals surface area contributed by atoms with Crippen molar-refractivity contribution in [2.45, 2.75) is 13.0 Å². The van der Waals surface area contributed by atoms with Crippen LogP contribution in [-0.4, -0.2) is 35.8 Å². The van der Waals surface area contributed by atoms with Crippen molar-refractivity contribution < 1.29 is 14.0 Å². The van der Waals surface area contributed by atoms with E-state index in [1.807, 2.05) is 0 Å². The lowest BCUT2D eigenvalue weighted by Gasteiger charge is -2.39. The highest BCUT2D eigenvalue weighted by atomic mass is 35.5. The van der Waals surface area contributed by atoms with E-state index in [1.165, 1.54) is 12.1 Å². The van der Waals surface area contributed by atoms with E-state index in [0.29, 0.717) is 29.4 Å². The zero-order valence-corrected chi connectivity index (χ0v) is 13.8. The third kappa shape index (κ3) is 3.12. The van der Waals surface area contributed by atoms with Gasteiger partial charge in [-0.25, -0.2) is 4.39 Å². The number of benzene rings is 2. The van der Waals surface area contributed by atoms with Gasteiger partial charge in [-0.15, -0.1) is 0 Å². The second-order valence-electron chi connectivity index (χ2n) is 5.65. The first-order chi connectivity index (χ1) is 11.5. The second kappa shape index (κ2) is 6.61. The van der Waals surface area contributed by atoms with Crippen LogP contribution in [0.25, 0.3) is 0 Å². The summed E-state index contributed by atoms with van der Waals surface area (Å²) in [5, 5.41) is 0.553. The topological polar surface area (TPSA) is 40.6 Å². The summed E-state index contributed by atoms with van der Waals surface area (Å²) in [4.78, 5) is 28.4. The molecular weight excluding hydrogens is 331 g/mol. The van der Waals surface area contributed by atoms with Crippen LogP contribution in [0.3, 0.4) is 0 Å². The Labute approximate surface area is 144 Å². The highest BCUT2D eigenvalue weighted by molar-refractivity contribution is 6.30. The van der Waals surface area contributed by atoms with Gasteiger partial charge in [0.2, 0.25) is 5.91 Å². The third-order valence-electron chi connectivity index (χ3n) is 4.15. The van der Waals surface area contributed by atoms with E-state index >= 15 is 0 Å². The first-order valence-electron chi connectivity index (χ1n) is 7.61. The summed E-state index contributed by atoms with van der Waals surface area (Å²) >= 11 is 5.84. The standard InChI is InChI=1S/C18H16ClFN2O2/c1-12-17(23)22(16-8-6-15(20)7-9-16)11-10-21(12)18(24)13-2-4-14(19)5-3-13/h2-9,12H,10-11H2,1H3. The molecule has 1 fully saturated rings. The molecule has 6 heteroatoms. The molecule has 0 bridgehead atoms. The molecule has 124 valence electrons. The van der Waals surface area contributed by atoms with Gasteiger partial charge in [0.15, 0.2) is 0 Å². The van der Waals surface area contributed by atoms with E-state index in [2.05, 4.69) is 0 Å². The maximum atomic E-state index is 13.0. The lowest BCUT2D eigenvalue weighted by atomic mass is 10.1. The van der Waals surface area contributed by atoms with Crippen molar-refractivity contribution in [1.82, 2.24) is 4.90 Å². The highest BCUT2D eigenvalue weighted by Crippen LogP contribution is 2.22. The summed E-state index contributed by atoms with van der Waals surface area (Å²) in [7, 11) is 0. The number of carbonyl (C=O) groups is 2. The fourth-order valence-electron chi connectivity index (χ4n) is 2.78. The monoisotopic (exact) mass is 346 g/mol. The van der Waals surface area contributed by atoms with Crippen LogP contribution < -0.4 is 4.90 Å². The normalized spacial score (nSPS) is 18.0. The van der Waals surface area contributed by atoms with Crippen LogP contribution in [0.5, 0.6) is 0 Å². The molecule has 1 aliphatic rings. The Morgan fingerprint density at radius 1 is 1.08 bits per heavy atom. The number of carbonyl (C=O) groups excluding carboxylic acids is 2. The number of nitrogens with zero attached hydrogens (tertiary/aromatic N) is 2. The van der Waals surface area contributed by atoms with E-state index < -0.39 is 6.04 Å². The minimum atomic E-state index is -0.591. The molecule has 1 unspecified atom stereocenters. The lowest BCUT2D eigenvalue weighted by Crippen LogP contribution is -2.57. The van der Waals surface area contributed by atoms with Gasteiger partial charge in [0.25, 0.3) is 5.91 Å². The summed E-state index contributed by atoms with van der Waals surface area (Å²) in [5.74, 6) is -0.739. The van der Waals surface area contributed by atoms with E-state index in [4.69, 9.17) is 11.6 Å². The number of amides is 2. The van der Waals surface area contributed by atoms with Crippen molar-refractivity contribution >= 4 is 29.1 Å². The Morgan fingerprint density at radius 2 is 1.71 bits per heavy atom. The summed E-state index contributed by atoms with van der Waals surface area (Å²) in [6, 6.07) is 11.8. The maximum Gasteiger partial charge on any atom is 0.254 e. The minimum Gasteiger partial charge on any atom is -0.325 e. The van der Waals surface area contributed by atoms with Crippen molar-refractivity contribution in [3.05, 3.63) is 64.9 Å². The van der Waals surface area contributed by atoms with Crippen molar-refractivity contribution in [3.63, 3.8) is 0 Å². The zero-order valence-electron chi connectivity index (χ0n) is 13.1. The molecule has 2 aromatic rings. The predicted octanol–water partition coefficient (Wildman–Crippen LogP) is 3.36. The third-order valence-corrected chi connectivity index (χ3v) is 4.40. The van der Waals surface area contributed by atoms with Crippen molar-refractivity contribution in [2.24, 2.45) is 0 Å². The van der Waals surface area contributed by atoms with Crippen molar-refractivity contribution in [3.8, 4) is 0 Å². The van der Waals surface area contributed by atoms with Crippen LogP contribution in [-0.2, 0) is 4.79 Å². The molecule has 4 nitrogen and oxygen atoms in total. The molecule has 2 amide bonds. The first-order valence-corrected chi connectivity index (χ1v) is 7.98. The number of piperazine rings is 1. The Kier molecular flexibility index (Phi) is 4.53. The van der Waals surface area contributed by atoms with Crippen molar-refractivity contribution in [1.29, 1.82) is 0 Å². The van der Waals surface area contributed by atoms with E-state index in [0.717, 1.165) is 0 Å². The number of halogens is 2. The van der Waals surface area contributed by atoms with Gasteiger partial charge in [0.05, 0.1) is 0 Å². The van der Waals surface area contributed by atoms with Gasteiger partial charge in [-0.05, 0) is 55.5 Å². The SMILES string of the molecule is CC1C(=O)N(c2ccc(F)cc2)CCN1C(=O)c1ccc(Cl)cc1. The highest BCUT2D eigenvalue weighted by Gasteiger charge is 2.35. The van der Waals surface area contributed by atoms with Crippen LogP contribution in [0.15, 0.2) is 48.5 Å². The van der Waals surface area contributed by atoms with Gasteiger partial charge >= 0.3 is 0 Å². The van der Waals surface area contributed by atoms with Crippen LogP contribution in [0, 0.1) is 5.82 Å². The largest absolute Gasteiger partial charge is 0.325 e. The number of anilines is 1. The number of hydrogen-bond donors (Lipinski definition) is 0. The van der Waals surface area contributed by atoms with E-state index in [1.54, 1.807) is 53.1 Å². The number of rotatable bonds is 2. The summed E-state index contributed by atoms with van der Waals surface area (Å²) in [5.41, 5.74) is 1.13. The summed E-state index contributed by atoms with van der Waals surface area (Å²) in [6.45, 7) is 2.48. The average molecular weight is 347 g/mol. The molecule has 0 saturated carbocycles. The smallest absolute Gasteiger partial charge is 0.254 e. The van der Waals surface area contributed by atoms with Crippen LogP contribution >= 0.6 is 11.6 Å². The van der Waals surface area contributed by atoms with E-state index in [-0.39, 0.29) is 17.6 Å². The summed E-state index contributed by atoms with van der Waals surface area (Å²) in [6.07, 6.45) is 0. The molecular formula is C18H16ClFN2O2. The average Bonchev–Trinajstić information content (AvgIpc) is 2.58. The maximum absolute atomic E-state index is 13.0. The molecule has 0 aromatic heterocycles. The molecule has 1 aliphatic heterocycles. The van der Waals surface area contributed by atoms with Gasteiger partial charge in [-0.2, -0.15) is 0 Å². The molecule has 3 rings (SSSR count). The van der Waals surface area contributed by atoms with Gasteiger partial charge in [-0.1, -0.05) is 11.6 Å². The molecule has 1 atom stereocenters. The summed E-state index contributed by atoms with van der Waals surface area (Å²) < 4.78 is 13.0. The van der Waals surface area contributed by atoms with Crippen LogP contribution in [0.2, 0.25) is 5.02 Å². The van der Waals surface area contributed by atoms with Crippen LogP contribution in [0.1, 0.15) is 17.3 Å². The molecule has 1 heterocycles. The Balaban J connectivity index is 1.78. The molecule has 0 radical (unpaired) electrons. The molecule has 24 heavy (non-hydrogen) atoms. The fraction of sp³-hybridized carbons (Fsp3) is 0.222. The fourth-order valence-corrected chi connectivity index (χ4v) is 2.91. The van der Waals surface area contributed by atoms with Gasteiger partial charge in [0, 0.05) is 29.4 Å². The number of hydrogen-bond acceptors (Lipinski definition) is 2. The molecule has 0 spiro atoms. The molecule has 1 saturated heterocycles. The Morgan fingerprint density at radius 3 is 2.33 bits per heavy atom. The zero-order chi connectivity index (χ0) is 17.3. The van der Waals surface area contributed by atoms with Gasteiger partial charge in [0.1, 0.15) is 11.9 Å². The van der Waals surface area contributed by atoms with Crippen LogP contribution in [0.4, 0.5) is 10.1 Å². The Hall–Kier alpha value is -2.40.